The van der Waals surface area contributed by atoms with Gasteiger partial charge in [-0.1, -0.05) is 26.8 Å². The van der Waals surface area contributed by atoms with Crippen LogP contribution in [-0.2, 0) is 4.74 Å². The van der Waals surface area contributed by atoms with Crippen LogP contribution in [-0.4, -0.2) is 31.5 Å². The summed E-state index contributed by atoms with van der Waals surface area (Å²) in [5, 5.41) is 10.1. The van der Waals surface area contributed by atoms with Gasteiger partial charge < -0.3 is 19.3 Å². The second-order valence-electron chi connectivity index (χ2n) is 4.99. The van der Waals surface area contributed by atoms with E-state index in [1.807, 2.05) is 25.1 Å². The quantitative estimate of drug-likeness (QED) is 0.632. The summed E-state index contributed by atoms with van der Waals surface area (Å²) in [7, 11) is 0. The minimum absolute atomic E-state index is 0.302. The van der Waals surface area contributed by atoms with Crippen molar-refractivity contribution in [3.63, 3.8) is 0 Å². The molecule has 0 aromatic heterocycles. The van der Waals surface area contributed by atoms with Gasteiger partial charge >= 0.3 is 0 Å². The third-order valence-electron chi connectivity index (χ3n) is 2.90. The highest BCUT2D eigenvalue weighted by molar-refractivity contribution is 5.43. The molecule has 0 radical (unpaired) electrons. The molecular formula is C17H28O4. The number of benzene rings is 1. The standard InChI is InChI=1S/C17H28O4/c1-4-9-19-13-15(18)14-7-8-16(20-10-5-2)17(12-14)21-11-6-3/h7-8,12,15,18H,4-6,9-11,13H2,1-3H3. The monoisotopic (exact) mass is 296 g/mol. The molecule has 0 spiro atoms. The zero-order chi connectivity index (χ0) is 15.5. The average molecular weight is 296 g/mol. The number of rotatable bonds is 11. The summed E-state index contributed by atoms with van der Waals surface area (Å²) in [6, 6.07) is 5.57. The number of hydrogen-bond donors (Lipinski definition) is 1. The number of aliphatic hydroxyl groups excluding tert-OH is 1. The van der Waals surface area contributed by atoms with Gasteiger partial charge in [0.25, 0.3) is 0 Å². The van der Waals surface area contributed by atoms with E-state index in [4.69, 9.17) is 14.2 Å². The summed E-state index contributed by atoms with van der Waals surface area (Å²) >= 11 is 0. The first-order chi connectivity index (χ1) is 10.2. The number of aliphatic hydroxyl groups is 1. The van der Waals surface area contributed by atoms with Crippen molar-refractivity contribution in [2.45, 2.75) is 46.1 Å². The van der Waals surface area contributed by atoms with Crippen LogP contribution in [0.4, 0.5) is 0 Å². The van der Waals surface area contributed by atoms with Crippen molar-refractivity contribution >= 4 is 0 Å². The summed E-state index contributed by atoms with van der Waals surface area (Å²) in [5.41, 5.74) is 0.793. The smallest absolute Gasteiger partial charge is 0.161 e. The molecule has 1 unspecified atom stereocenters. The van der Waals surface area contributed by atoms with Crippen molar-refractivity contribution in [3.8, 4) is 11.5 Å². The Labute approximate surface area is 128 Å². The molecule has 0 heterocycles. The van der Waals surface area contributed by atoms with E-state index in [0.29, 0.717) is 32.2 Å². The van der Waals surface area contributed by atoms with E-state index in [-0.39, 0.29) is 0 Å². The van der Waals surface area contributed by atoms with Crippen LogP contribution in [0.3, 0.4) is 0 Å². The van der Waals surface area contributed by atoms with Gasteiger partial charge in [-0.15, -0.1) is 0 Å². The summed E-state index contributed by atoms with van der Waals surface area (Å²) < 4.78 is 16.8. The topological polar surface area (TPSA) is 47.9 Å². The average Bonchev–Trinajstić information content (AvgIpc) is 2.51. The summed E-state index contributed by atoms with van der Waals surface area (Å²) in [4.78, 5) is 0. The molecule has 0 bridgehead atoms. The van der Waals surface area contributed by atoms with Gasteiger partial charge in [0.2, 0.25) is 0 Å². The van der Waals surface area contributed by atoms with E-state index >= 15 is 0 Å². The zero-order valence-electron chi connectivity index (χ0n) is 13.4. The van der Waals surface area contributed by atoms with Crippen LogP contribution in [0.2, 0.25) is 0 Å². The van der Waals surface area contributed by atoms with E-state index in [9.17, 15) is 5.11 Å². The molecule has 1 aromatic carbocycles. The van der Waals surface area contributed by atoms with Crippen LogP contribution in [0, 0.1) is 0 Å². The van der Waals surface area contributed by atoms with Gasteiger partial charge in [-0.2, -0.15) is 0 Å². The Morgan fingerprint density at radius 2 is 1.52 bits per heavy atom. The van der Waals surface area contributed by atoms with Gasteiger partial charge in [-0.25, -0.2) is 0 Å². The Hall–Kier alpha value is -1.26. The first kappa shape index (κ1) is 17.8. The van der Waals surface area contributed by atoms with Crippen molar-refractivity contribution in [3.05, 3.63) is 23.8 Å². The molecule has 1 N–H and O–H groups in total. The summed E-state index contributed by atoms with van der Waals surface area (Å²) in [6.07, 6.45) is 2.18. The molecule has 1 atom stereocenters. The van der Waals surface area contributed by atoms with Crippen LogP contribution >= 0.6 is 0 Å². The second kappa shape index (κ2) is 10.5. The van der Waals surface area contributed by atoms with Gasteiger partial charge in [0.05, 0.1) is 19.8 Å². The van der Waals surface area contributed by atoms with E-state index in [1.54, 1.807) is 0 Å². The maximum Gasteiger partial charge on any atom is 0.161 e. The fourth-order valence-electron chi connectivity index (χ4n) is 1.82. The van der Waals surface area contributed by atoms with Crippen molar-refractivity contribution in [2.75, 3.05) is 26.4 Å². The molecule has 0 fully saturated rings. The molecule has 0 aliphatic rings. The normalized spacial score (nSPS) is 12.2. The van der Waals surface area contributed by atoms with Crippen LogP contribution in [0.15, 0.2) is 18.2 Å². The van der Waals surface area contributed by atoms with Crippen molar-refractivity contribution in [2.24, 2.45) is 0 Å². The van der Waals surface area contributed by atoms with Crippen LogP contribution < -0.4 is 9.47 Å². The van der Waals surface area contributed by atoms with Crippen molar-refractivity contribution < 1.29 is 19.3 Å². The predicted molar refractivity (Wildman–Crippen MR) is 84.1 cm³/mol. The van der Waals surface area contributed by atoms with Crippen LogP contribution in [0.1, 0.15) is 51.7 Å². The highest BCUT2D eigenvalue weighted by Gasteiger charge is 2.12. The summed E-state index contributed by atoms with van der Waals surface area (Å²) in [6.45, 7) is 8.42. The highest BCUT2D eigenvalue weighted by Crippen LogP contribution is 2.31. The van der Waals surface area contributed by atoms with Gasteiger partial charge in [0.1, 0.15) is 6.10 Å². The van der Waals surface area contributed by atoms with E-state index < -0.39 is 6.10 Å². The molecule has 1 aromatic rings. The first-order valence-corrected chi connectivity index (χ1v) is 7.88. The van der Waals surface area contributed by atoms with E-state index in [0.717, 1.165) is 30.6 Å². The largest absolute Gasteiger partial charge is 0.490 e. The molecule has 4 heteroatoms. The molecule has 21 heavy (non-hydrogen) atoms. The van der Waals surface area contributed by atoms with E-state index in [1.165, 1.54) is 0 Å². The lowest BCUT2D eigenvalue weighted by atomic mass is 10.1. The lowest BCUT2D eigenvalue weighted by Gasteiger charge is -2.16. The Morgan fingerprint density at radius 3 is 2.14 bits per heavy atom. The minimum atomic E-state index is -0.638. The lowest BCUT2D eigenvalue weighted by Crippen LogP contribution is -2.09. The van der Waals surface area contributed by atoms with Gasteiger partial charge in [0, 0.05) is 6.61 Å². The highest BCUT2D eigenvalue weighted by atomic mass is 16.5. The predicted octanol–water partition coefficient (Wildman–Crippen LogP) is 3.72. The molecule has 0 amide bonds. The third kappa shape index (κ3) is 6.36. The lowest BCUT2D eigenvalue weighted by molar-refractivity contribution is 0.0362. The fourth-order valence-corrected chi connectivity index (χ4v) is 1.82. The molecule has 4 nitrogen and oxygen atoms in total. The maximum absolute atomic E-state index is 10.1. The first-order valence-electron chi connectivity index (χ1n) is 7.88. The molecule has 0 aliphatic heterocycles. The maximum atomic E-state index is 10.1. The number of ether oxygens (including phenoxy) is 3. The molecule has 1 rings (SSSR count). The molecular weight excluding hydrogens is 268 g/mol. The Bertz CT molecular complexity index is 392. The van der Waals surface area contributed by atoms with Gasteiger partial charge in [0.15, 0.2) is 11.5 Å². The Morgan fingerprint density at radius 1 is 0.905 bits per heavy atom. The fraction of sp³-hybridized carbons (Fsp3) is 0.647. The Balaban J connectivity index is 2.76. The van der Waals surface area contributed by atoms with Crippen LogP contribution in [0.5, 0.6) is 11.5 Å². The second-order valence-corrected chi connectivity index (χ2v) is 4.99. The zero-order valence-corrected chi connectivity index (χ0v) is 13.4. The van der Waals surface area contributed by atoms with Crippen LogP contribution in [0.25, 0.3) is 0 Å². The molecule has 0 aliphatic carbocycles. The van der Waals surface area contributed by atoms with Gasteiger partial charge in [-0.3, -0.25) is 0 Å². The molecule has 120 valence electrons. The molecule has 0 saturated carbocycles. The van der Waals surface area contributed by atoms with E-state index in [2.05, 4.69) is 13.8 Å². The minimum Gasteiger partial charge on any atom is -0.490 e. The number of hydrogen-bond acceptors (Lipinski definition) is 4. The Kier molecular flexibility index (Phi) is 8.87. The SMILES string of the molecule is CCCOCC(O)c1ccc(OCCC)c(OCCC)c1. The third-order valence-corrected chi connectivity index (χ3v) is 2.90. The van der Waals surface area contributed by atoms with Crippen molar-refractivity contribution in [1.82, 2.24) is 0 Å². The van der Waals surface area contributed by atoms with Gasteiger partial charge in [-0.05, 0) is 37.0 Å². The van der Waals surface area contributed by atoms with Crippen molar-refractivity contribution in [1.29, 1.82) is 0 Å². The summed E-state index contributed by atoms with van der Waals surface area (Å²) in [5.74, 6) is 1.42. The molecule has 0 saturated heterocycles.